The van der Waals surface area contributed by atoms with Crippen molar-refractivity contribution in [3.8, 4) is 0 Å². The maximum atomic E-state index is 12.6. The van der Waals surface area contributed by atoms with Gasteiger partial charge in [-0.15, -0.1) is 11.3 Å². The third-order valence-electron chi connectivity index (χ3n) is 3.88. The lowest BCUT2D eigenvalue weighted by Crippen LogP contribution is -2.70. The molecule has 3 heterocycles. The van der Waals surface area contributed by atoms with E-state index in [0.717, 1.165) is 11.3 Å². The van der Waals surface area contributed by atoms with Crippen LogP contribution in [0, 0.1) is 5.41 Å². The molecule has 3 atom stereocenters. The van der Waals surface area contributed by atoms with Gasteiger partial charge in [-0.25, -0.2) is 4.79 Å². The molecule has 1 aromatic heterocycles. The number of rotatable bonds is 2. The molecule has 3 N–H and O–H groups in total. The Morgan fingerprint density at radius 2 is 2.50 bits per heavy atom. The van der Waals surface area contributed by atoms with Crippen molar-refractivity contribution in [2.75, 3.05) is 20.3 Å². The Morgan fingerprint density at radius 1 is 1.77 bits per heavy atom. The number of ether oxygens (including phenoxy) is 1. The number of carboxylic acid groups (broad SMARTS) is 1. The van der Waals surface area contributed by atoms with E-state index in [1.165, 1.54) is 10.4 Å². The van der Waals surface area contributed by atoms with Crippen LogP contribution in [-0.2, 0) is 21.6 Å². The summed E-state index contributed by atoms with van der Waals surface area (Å²) < 4.78 is 19.6. The first-order valence-electron chi connectivity index (χ1n) is 6.49. The van der Waals surface area contributed by atoms with Crippen molar-refractivity contribution in [1.29, 1.82) is 5.41 Å². The first-order chi connectivity index (χ1) is 10.4. The van der Waals surface area contributed by atoms with Crippen LogP contribution in [0.15, 0.2) is 6.07 Å². The third kappa shape index (κ3) is 2.28. The summed E-state index contributed by atoms with van der Waals surface area (Å²) in [5.74, 6) is -1.06. The molecule has 0 spiro atoms. The summed E-state index contributed by atoms with van der Waals surface area (Å²) in [5, 5.41) is 20.1. The molecule has 0 amide bonds. The number of carboxylic acids is 1. The summed E-state index contributed by atoms with van der Waals surface area (Å²) in [6.07, 6.45) is 0.536. The number of guanidine groups is 1. The molecule has 2 aliphatic rings. The summed E-state index contributed by atoms with van der Waals surface area (Å²) in [7, 11) is 1.59. The van der Waals surface area contributed by atoms with E-state index in [1.807, 2.05) is 0 Å². The van der Waals surface area contributed by atoms with E-state index in [4.69, 9.17) is 26.9 Å². The maximum absolute atomic E-state index is 12.6. The number of halogens is 1. The summed E-state index contributed by atoms with van der Waals surface area (Å²) in [6.45, 7) is 0.661. The lowest BCUT2D eigenvalue weighted by molar-refractivity contribution is 0.0268. The SMILES string of the molecule is CN1C(=N)NC2(c3sc(C(=O)O)cc3Cl)COCCC2[S+]1[O-]. The summed E-state index contributed by atoms with van der Waals surface area (Å²) >= 11 is 5.86. The zero-order valence-electron chi connectivity index (χ0n) is 11.6. The van der Waals surface area contributed by atoms with E-state index >= 15 is 0 Å². The molecule has 3 unspecified atom stereocenters. The van der Waals surface area contributed by atoms with Gasteiger partial charge < -0.3 is 19.7 Å². The Kier molecular flexibility index (Phi) is 4.02. The maximum Gasteiger partial charge on any atom is 0.345 e. The van der Waals surface area contributed by atoms with Gasteiger partial charge in [-0.05, 0) is 6.07 Å². The highest BCUT2D eigenvalue weighted by atomic mass is 35.5. The van der Waals surface area contributed by atoms with Gasteiger partial charge in [0.15, 0.2) is 5.25 Å². The van der Waals surface area contributed by atoms with Crippen LogP contribution >= 0.6 is 22.9 Å². The normalized spacial score (nSPS) is 31.6. The van der Waals surface area contributed by atoms with Crippen molar-refractivity contribution in [2.45, 2.75) is 17.2 Å². The average molecular weight is 364 g/mol. The molecular weight excluding hydrogens is 350 g/mol. The van der Waals surface area contributed by atoms with Crippen molar-refractivity contribution < 1.29 is 19.2 Å². The number of nitrogens with one attached hydrogen (secondary N) is 2. The molecule has 10 heteroatoms. The van der Waals surface area contributed by atoms with Gasteiger partial charge in [-0.2, -0.15) is 4.31 Å². The van der Waals surface area contributed by atoms with Gasteiger partial charge in [0, 0.05) is 6.42 Å². The Balaban J connectivity index is 2.11. The van der Waals surface area contributed by atoms with Crippen molar-refractivity contribution in [1.82, 2.24) is 9.62 Å². The summed E-state index contributed by atoms with van der Waals surface area (Å²) in [6, 6.07) is 1.39. The zero-order valence-corrected chi connectivity index (χ0v) is 14.0. The first kappa shape index (κ1) is 15.9. The minimum Gasteiger partial charge on any atom is -0.593 e. The van der Waals surface area contributed by atoms with Gasteiger partial charge in [-0.3, -0.25) is 5.41 Å². The van der Waals surface area contributed by atoms with Crippen molar-refractivity contribution in [2.24, 2.45) is 0 Å². The highest BCUT2D eigenvalue weighted by Crippen LogP contribution is 2.45. The van der Waals surface area contributed by atoms with Gasteiger partial charge in [0.1, 0.15) is 10.4 Å². The van der Waals surface area contributed by atoms with Gasteiger partial charge in [0.05, 0.1) is 41.5 Å². The molecule has 7 nitrogen and oxygen atoms in total. The molecule has 3 rings (SSSR count). The zero-order chi connectivity index (χ0) is 16.1. The van der Waals surface area contributed by atoms with Gasteiger partial charge in [0.2, 0.25) is 5.96 Å². The highest BCUT2D eigenvalue weighted by Gasteiger charge is 2.58. The topological polar surface area (TPSA) is 109 Å². The molecule has 0 aliphatic carbocycles. The van der Waals surface area contributed by atoms with Crippen LogP contribution in [0.5, 0.6) is 0 Å². The Hall–Kier alpha value is -1.00. The Labute approximate surface area is 139 Å². The van der Waals surface area contributed by atoms with E-state index in [2.05, 4.69) is 5.32 Å². The second-order valence-electron chi connectivity index (χ2n) is 5.14. The van der Waals surface area contributed by atoms with Crippen LogP contribution in [-0.4, -0.2) is 51.4 Å². The molecule has 2 fully saturated rings. The molecule has 0 radical (unpaired) electrons. The molecule has 2 saturated heterocycles. The second kappa shape index (κ2) is 5.57. The number of hydrogen-bond donors (Lipinski definition) is 3. The number of carbonyl (C=O) groups is 1. The second-order valence-corrected chi connectivity index (χ2v) is 8.27. The number of fused-ring (bicyclic) bond motifs is 1. The minimum atomic E-state index is -1.41. The van der Waals surface area contributed by atoms with Crippen molar-refractivity contribution in [3.05, 3.63) is 20.8 Å². The number of thiophene rings is 1. The van der Waals surface area contributed by atoms with E-state index in [0.29, 0.717) is 22.9 Å². The Bertz CT molecular complexity index is 640. The minimum absolute atomic E-state index is 0.00132. The molecule has 1 aromatic rings. The Morgan fingerprint density at radius 3 is 3.14 bits per heavy atom. The predicted octanol–water partition coefficient (Wildman–Crippen LogP) is 1.22. The lowest BCUT2D eigenvalue weighted by atomic mass is 9.89. The van der Waals surface area contributed by atoms with E-state index < -0.39 is 22.9 Å². The van der Waals surface area contributed by atoms with Crippen LogP contribution in [0.4, 0.5) is 0 Å². The van der Waals surface area contributed by atoms with Crippen molar-refractivity contribution in [3.63, 3.8) is 0 Å². The quantitative estimate of drug-likeness (QED) is 0.682. The summed E-state index contributed by atoms with van der Waals surface area (Å²) in [4.78, 5) is 11.8. The average Bonchev–Trinajstić information content (AvgIpc) is 2.88. The molecule has 22 heavy (non-hydrogen) atoms. The smallest absolute Gasteiger partial charge is 0.345 e. The van der Waals surface area contributed by atoms with Crippen LogP contribution in [0.1, 0.15) is 21.0 Å². The predicted molar refractivity (Wildman–Crippen MR) is 84.0 cm³/mol. The fraction of sp³-hybridized carbons (Fsp3) is 0.500. The molecule has 0 bridgehead atoms. The highest BCUT2D eigenvalue weighted by molar-refractivity contribution is 7.90. The molecule has 2 aliphatic heterocycles. The van der Waals surface area contributed by atoms with E-state index in [-0.39, 0.29) is 22.7 Å². The molecule has 120 valence electrons. The van der Waals surface area contributed by atoms with Gasteiger partial charge >= 0.3 is 5.97 Å². The van der Waals surface area contributed by atoms with E-state index in [9.17, 15) is 9.35 Å². The monoisotopic (exact) mass is 363 g/mol. The number of nitrogens with zero attached hydrogens (tertiary/aromatic N) is 1. The fourth-order valence-electron chi connectivity index (χ4n) is 2.77. The van der Waals surface area contributed by atoms with Crippen LogP contribution < -0.4 is 5.32 Å². The summed E-state index contributed by atoms with van der Waals surface area (Å²) in [5.41, 5.74) is -0.928. The van der Waals surface area contributed by atoms with Crippen molar-refractivity contribution >= 4 is 46.2 Å². The van der Waals surface area contributed by atoms with Crippen LogP contribution in [0.25, 0.3) is 0 Å². The van der Waals surface area contributed by atoms with E-state index in [1.54, 1.807) is 7.05 Å². The third-order valence-corrected chi connectivity index (χ3v) is 7.43. The number of hydrogen-bond acceptors (Lipinski definition) is 5. The number of aromatic carboxylic acids is 1. The molecular formula is C12H14ClN3O4S2. The first-order valence-corrected chi connectivity index (χ1v) is 8.85. The van der Waals surface area contributed by atoms with Crippen LogP contribution in [0.2, 0.25) is 5.02 Å². The van der Waals surface area contributed by atoms with Gasteiger partial charge in [0.25, 0.3) is 0 Å². The standard InChI is InChI=1S/C12H14ClN3O4S2/c1-16-11(14)15-12(5-20-3-2-8(12)22(16)19)9-6(13)4-7(21-9)10(17)18/h4,8H,2-3,5H2,1H3,(H2,14,15)(H,17,18). The molecule has 0 saturated carbocycles. The fourth-order valence-corrected chi connectivity index (χ4v) is 5.87. The van der Waals surface area contributed by atoms with Crippen LogP contribution in [0.3, 0.4) is 0 Å². The molecule has 0 aromatic carbocycles. The largest absolute Gasteiger partial charge is 0.593 e. The lowest BCUT2D eigenvalue weighted by Gasteiger charge is -2.49. The van der Waals surface area contributed by atoms with Gasteiger partial charge in [-0.1, -0.05) is 11.6 Å².